The molecule has 32 rings (SSSR count). The van der Waals surface area contributed by atoms with Crippen molar-refractivity contribution in [2.75, 3.05) is 0 Å². The first-order valence-electron chi connectivity index (χ1n) is 49.1. The van der Waals surface area contributed by atoms with Crippen LogP contribution in [0, 0.1) is 0 Å². The van der Waals surface area contributed by atoms with Crippen molar-refractivity contribution in [1.29, 1.82) is 0 Å². The Bertz CT molecular complexity index is 10300. The van der Waals surface area contributed by atoms with Crippen molar-refractivity contribution in [3.63, 3.8) is 0 Å². The van der Waals surface area contributed by atoms with Crippen LogP contribution in [-0.4, -0.2) is 27.1 Å². The number of benzene rings is 24. The van der Waals surface area contributed by atoms with Crippen molar-refractivity contribution < 1.29 is 0 Å². The quantitative estimate of drug-likeness (QED) is 0.131. The zero-order valence-electron chi connectivity index (χ0n) is 77.0. The third-order valence-corrected chi connectivity index (χ3v) is 30.9. The smallest absolute Gasteiger partial charge is 0.0620 e. The molecule has 0 bridgehead atoms. The van der Waals surface area contributed by atoms with Gasteiger partial charge in [-0.05, 0) is 304 Å². The monoisotopic (exact) mass is 1800 g/mol. The van der Waals surface area contributed by atoms with Crippen molar-refractivity contribution in [2.45, 2.75) is 0 Å². The van der Waals surface area contributed by atoms with Crippen LogP contribution >= 0.6 is 0 Å². The van der Waals surface area contributed by atoms with Gasteiger partial charge in [0.15, 0.2) is 0 Å². The van der Waals surface area contributed by atoms with Gasteiger partial charge in [0.1, 0.15) is 0 Å². The summed E-state index contributed by atoms with van der Waals surface area (Å²) < 4.78 is 14.7. The highest BCUT2D eigenvalue weighted by Crippen LogP contribution is 2.50. The second kappa shape index (κ2) is 30.3. The standard InChI is InChI=1S/C74H45N3.C62H37N3/c1-4-14-46(15-5-1)47-24-26-48(27-25-47)57-42-66-64-40-53-30-28-49(51-32-34-70-62(38-51)60-20-10-12-22-68(60)75(70)58-16-6-2-7-17-58)36-55(53)44-72(64)77-73-45-56-37-50(29-31-54(56)41-65(73)67(43-57)74(66)77)52-33-35-71-63(39-52)61-21-11-13-23-69(61)76(71)59-18-8-3-9-19-59;1-2-12-38(13-3-1)39-22-24-40(25-23-39)45-34-54-52-32-41-26-28-46(63-56-18-8-4-14-48(56)49-15-5-9-19-57(49)63)30-43(41)36-60(52)65-61-37-44-31-47(29-27-42(44)33-53(61)55(35-45)62(54)65)64-58-20-10-6-16-50(58)51-17-7-11-21-59(51)64/h1-45H;1-37H. The minimum absolute atomic E-state index is 1.16. The first kappa shape index (κ1) is 78.3. The van der Waals surface area contributed by atoms with Gasteiger partial charge in [-0.2, -0.15) is 0 Å². The molecule has 0 saturated carbocycles. The van der Waals surface area contributed by atoms with Gasteiger partial charge in [-0.15, -0.1) is 0 Å². The van der Waals surface area contributed by atoms with Crippen LogP contribution in [0.5, 0.6) is 0 Å². The SMILES string of the molecule is c1ccc(-c2ccc(-c3cc4c5cc6ccc(-c7ccc8c(c7)c7ccccc7n8-c7ccccc7)cc6cc5n5c6cc7cc(-c8ccc9c(c8)c8ccccc8n9-c8ccccc8)ccc7cc6c(c3)c45)cc2)cc1.c1ccc(-c2ccc(-c3cc4c5cc6ccc(-n7c8ccccc8c8ccccc87)cc6cc5n5c6cc7cc(-n8c9ccccc9c9ccccc98)ccc7cc6c(c3)c45)cc2)cc1. The van der Waals surface area contributed by atoms with Crippen LogP contribution in [0.1, 0.15) is 0 Å². The molecule has 24 aromatic carbocycles. The summed E-state index contributed by atoms with van der Waals surface area (Å²) in [6.45, 7) is 0. The minimum Gasteiger partial charge on any atom is -0.309 e. The average Bonchev–Trinajstić information content (AvgIpc) is 1.53. The molecule has 0 spiro atoms. The van der Waals surface area contributed by atoms with Gasteiger partial charge in [-0.3, -0.25) is 0 Å². The van der Waals surface area contributed by atoms with E-state index in [1.807, 2.05) is 0 Å². The minimum atomic E-state index is 1.16. The van der Waals surface area contributed by atoms with Gasteiger partial charge < -0.3 is 27.1 Å². The predicted octanol–water partition coefficient (Wildman–Crippen LogP) is 36.7. The molecule has 142 heavy (non-hydrogen) atoms. The van der Waals surface area contributed by atoms with Crippen molar-refractivity contribution in [3.8, 4) is 89.5 Å². The lowest BCUT2D eigenvalue weighted by Gasteiger charge is -2.11. The van der Waals surface area contributed by atoms with Crippen molar-refractivity contribution in [2.24, 2.45) is 0 Å². The summed E-state index contributed by atoms with van der Waals surface area (Å²) in [5.41, 5.74) is 36.4. The highest BCUT2D eigenvalue weighted by Gasteiger charge is 2.27. The van der Waals surface area contributed by atoms with E-state index in [1.54, 1.807) is 0 Å². The van der Waals surface area contributed by atoms with Gasteiger partial charge in [0.2, 0.25) is 0 Å². The molecule has 0 aliphatic carbocycles. The van der Waals surface area contributed by atoms with Crippen LogP contribution < -0.4 is 0 Å². The van der Waals surface area contributed by atoms with E-state index in [4.69, 9.17) is 0 Å². The topological polar surface area (TPSA) is 28.5 Å². The molecule has 8 aromatic heterocycles. The molecule has 656 valence electrons. The lowest BCUT2D eigenvalue weighted by molar-refractivity contribution is 1.18. The summed E-state index contributed by atoms with van der Waals surface area (Å²) in [7, 11) is 0. The van der Waals surface area contributed by atoms with E-state index in [0.717, 1.165) is 11.4 Å². The van der Waals surface area contributed by atoms with E-state index in [9.17, 15) is 0 Å². The molecule has 32 aromatic rings. The Morgan fingerprint density at radius 3 is 0.627 bits per heavy atom. The Balaban J connectivity index is 0.000000132. The highest BCUT2D eigenvalue weighted by molar-refractivity contribution is 6.30. The highest BCUT2D eigenvalue weighted by atomic mass is 15.0. The molecule has 0 amide bonds. The Morgan fingerprint density at radius 2 is 0.310 bits per heavy atom. The lowest BCUT2D eigenvalue weighted by Crippen LogP contribution is -1.94. The molecule has 6 nitrogen and oxygen atoms in total. The Hall–Kier alpha value is -18.9. The zero-order valence-corrected chi connectivity index (χ0v) is 77.0. The fourth-order valence-electron chi connectivity index (χ4n) is 24.4. The Kier molecular flexibility index (Phi) is 16.7. The van der Waals surface area contributed by atoms with Gasteiger partial charge in [0, 0.05) is 109 Å². The van der Waals surface area contributed by atoms with Crippen molar-refractivity contribution in [1.82, 2.24) is 27.1 Å². The van der Waals surface area contributed by atoms with Crippen LogP contribution in [0.2, 0.25) is 0 Å². The fourth-order valence-corrected chi connectivity index (χ4v) is 24.4. The molecule has 6 heteroatoms. The largest absolute Gasteiger partial charge is 0.309 e. The zero-order chi connectivity index (χ0) is 92.6. The van der Waals surface area contributed by atoms with E-state index in [-0.39, 0.29) is 0 Å². The van der Waals surface area contributed by atoms with Gasteiger partial charge in [-0.25, -0.2) is 0 Å². The first-order chi connectivity index (χ1) is 70.4. The molecule has 0 atom stereocenters. The number of rotatable bonds is 10. The Labute approximate surface area is 814 Å². The molecule has 0 radical (unpaired) electrons. The fraction of sp³-hybridized carbons (Fsp3) is 0. The maximum Gasteiger partial charge on any atom is 0.0620 e. The van der Waals surface area contributed by atoms with E-state index in [2.05, 4.69) is 525 Å². The number of fused-ring (bicyclic) bond motifs is 28. The van der Waals surface area contributed by atoms with Gasteiger partial charge in [0.25, 0.3) is 0 Å². The maximum absolute atomic E-state index is 2.56. The van der Waals surface area contributed by atoms with Gasteiger partial charge in [-0.1, -0.05) is 303 Å². The summed E-state index contributed by atoms with van der Waals surface area (Å²) in [4.78, 5) is 0. The molecule has 8 heterocycles. The molecular weight excluding hydrogens is 1720 g/mol. The molecule has 0 N–H and O–H groups in total. The van der Waals surface area contributed by atoms with Gasteiger partial charge >= 0.3 is 0 Å². The summed E-state index contributed by atoms with van der Waals surface area (Å²) in [6.07, 6.45) is 0. The second-order valence-corrected chi connectivity index (χ2v) is 38.6. The van der Waals surface area contributed by atoms with Crippen molar-refractivity contribution in [3.05, 3.63) is 497 Å². The number of hydrogen-bond donors (Lipinski definition) is 0. The third-order valence-electron chi connectivity index (χ3n) is 30.9. The average molecular weight is 1800 g/mol. The number of aromatic nitrogens is 6. The van der Waals surface area contributed by atoms with E-state index in [0.29, 0.717) is 0 Å². The van der Waals surface area contributed by atoms with Crippen LogP contribution in [0.3, 0.4) is 0 Å². The molecular formula is C136H82N6. The number of hydrogen-bond acceptors (Lipinski definition) is 0. The van der Waals surface area contributed by atoms with E-state index < -0.39 is 0 Å². The number of nitrogens with zero attached hydrogens (tertiary/aromatic N) is 6. The summed E-state index contributed by atoms with van der Waals surface area (Å²) in [5, 5.41) is 30.1. The molecule has 0 unspecified atom stereocenters. The predicted molar refractivity (Wildman–Crippen MR) is 602 cm³/mol. The second-order valence-electron chi connectivity index (χ2n) is 38.6. The first-order valence-corrected chi connectivity index (χ1v) is 49.1. The van der Waals surface area contributed by atoms with Crippen LogP contribution in [0.4, 0.5) is 0 Å². The Morgan fingerprint density at radius 1 is 0.0986 bits per heavy atom. The van der Waals surface area contributed by atoms with Crippen molar-refractivity contribution >= 4 is 207 Å². The summed E-state index contributed by atoms with van der Waals surface area (Å²) >= 11 is 0. The summed E-state index contributed by atoms with van der Waals surface area (Å²) in [6, 6.07) is 185. The normalized spacial score (nSPS) is 12.2. The van der Waals surface area contributed by atoms with Gasteiger partial charge in [0.05, 0.1) is 77.2 Å². The molecule has 0 aliphatic rings. The lowest BCUT2D eigenvalue weighted by atomic mass is 9.95. The molecule has 0 saturated heterocycles. The molecule has 0 aliphatic heterocycles. The van der Waals surface area contributed by atoms with Crippen LogP contribution in [0.15, 0.2) is 497 Å². The van der Waals surface area contributed by atoms with E-state index in [1.165, 1.54) is 285 Å². The van der Waals surface area contributed by atoms with Crippen LogP contribution in [-0.2, 0) is 0 Å². The maximum atomic E-state index is 2.56. The van der Waals surface area contributed by atoms with Crippen LogP contribution in [0.25, 0.3) is 296 Å². The number of para-hydroxylation sites is 8. The molecule has 0 fully saturated rings. The van der Waals surface area contributed by atoms with E-state index >= 15 is 0 Å². The third kappa shape index (κ3) is 11.8. The summed E-state index contributed by atoms with van der Waals surface area (Å²) in [5.74, 6) is 0.